The van der Waals surface area contributed by atoms with Crippen molar-refractivity contribution in [1.29, 1.82) is 0 Å². The van der Waals surface area contributed by atoms with Gasteiger partial charge in [0.05, 0.1) is 0 Å². The highest BCUT2D eigenvalue weighted by Crippen LogP contribution is 2.22. The number of hydrogen-bond donors (Lipinski definition) is 1. The van der Waals surface area contributed by atoms with E-state index in [2.05, 4.69) is 35.4 Å². The van der Waals surface area contributed by atoms with Crippen LogP contribution in [-0.4, -0.2) is 37.3 Å². The van der Waals surface area contributed by atoms with Crippen molar-refractivity contribution in [3.63, 3.8) is 0 Å². The van der Waals surface area contributed by atoms with Gasteiger partial charge in [-0.15, -0.1) is 5.10 Å². The van der Waals surface area contributed by atoms with Crippen LogP contribution < -0.4 is 5.32 Å². The van der Waals surface area contributed by atoms with Crippen LogP contribution in [0.4, 0.5) is 0 Å². The molecule has 1 aliphatic carbocycles. The van der Waals surface area contributed by atoms with Crippen molar-refractivity contribution in [2.75, 3.05) is 12.8 Å². The first kappa shape index (κ1) is 16.2. The van der Waals surface area contributed by atoms with Crippen LogP contribution in [0.5, 0.6) is 0 Å². The molecule has 22 heavy (non-hydrogen) atoms. The molecule has 7 nitrogen and oxygen atoms in total. The number of nitrogens with one attached hydrogen (secondary N) is 1. The molecule has 0 unspecified atom stereocenters. The van der Waals surface area contributed by atoms with Gasteiger partial charge in [0.1, 0.15) is 0 Å². The number of allylic oxidation sites excluding steroid dienone is 4. The summed E-state index contributed by atoms with van der Waals surface area (Å²) in [5.41, 5.74) is 0.858. The Morgan fingerprint density at radius 1 is 1.32 bits per heavy atom. The van der Waals surface area contributed by atoms with Crippen molar-refractivity contribution >= 4 is 15.7 Å². The van der Waals surface area contributed by atoms with Crippen LogP contribution in [0, 0.1) is 5.41 Å². The fraction of sp³-hybridized carbons (Fsp3) is 0.357. The fourth-order valence-electron chi connectivity index (χ4n) is 1.68. The molecule has 0 atom stereocenters. The lowest BCUT2D eigenvalue weighted by Crippen LogP contribution is -2.25. The number of sulfone groups is 1. The average Bonchev–Trinajstić information content (AvgIpc) is 2.84. The van der Waals surface area contributed by atoms with Gasteiger partial charge in [-0.1, -0.05) is 49.3 Å². The number of hydrogen-bond acceptors (Lipinski definition) is 6. The first-order valence-electron chi connectivity index (χ1n) is 6.57. The van der Waals surface area contributed by atoms with Crippen LogP contribution in [0.3, 0.4) is 0 Å². The zero-order chi connectivity index (χ0) is 16.4. The molecule has 1 aromatic rings. The molecule has 0 saturated carbocycles. The van der Waals surface area contributed by atoms with Crippen LogP contribution in [0.2, 0.25) is 0 Å². The van der Waals surface area contributed by atoms with Crippen LogP contribution in [-0.2, 0) is 9.84 Å². The first-order chi connectivity index (χ1) is 10.2. The van der Waals surface area contributed by atoms with E-state index in [0.29, 0.717) is 0 Å². The third kappa shape index (κ3) is 4.14. The molecule has 0 aromatic carbocycles. The van der Waals surface area contributed by atoms with Gasteiger partial charge in [0.2, 0.25) is 9.84 Å². The number of aromatic nitrogens is 2. The van der Waals surface area contributed by atoms with E-state index in [1.54, 1.807) is 0 Å². The van der Waals surface area contributed by atoms with Crippen molar-refractivity contribution in [3.05, 3.63) is 41.8 Å². The quantitative estimate of drug-likeness (QED) is 0.895. The van der Waals surface area contributed by atoms with Crippen molar-refractivity contribution in [2.45, 2.75) is 19.1 Å². The molecule has 1 aliphatic rings. The van der Waals surface area contributed by atoms with Gasteiger partial charge in [-0.25, -0.2) is 8.42 Å². The van der Waals surface area contributed by atoms with E-state index < -0.39 is 21.0 Å². The van der Waals surface area contributed by atoms with E-state index in [4.69, 9.17) is 4.42 Å². The van der Waals surface area contributed by atoms with E-state index in [0.717, 1.165) is 11.8 Å². The minimum absolute atomic E-state index is 0.0425. The summed E-state index contributed by atoms with van der Waals surface area (Å²) in [7, 11) is -3.62. The van der Waals surface area contributed by atoms with Crippen LogP contribution >= 0.6 is 0 Å². The van der Waals surface area contributed by atoms with Crippen LogP contribution in [0.1, 0.15) is 24.5 Å². The van der Waals surface area contributed by atoms with Gasteiger partial charge in [-0.2, -0.15) is 0 Å². The Morgan fingerprint density at radius 3 is 2.68 bits per heavy atom. The third-order valence-electron chi connectivity index (χ3n) is 2.93. The lowest BCUT2D eigenvalue weighted by Gasteiger charge is -2.12. The Labute approximate surface area is 128 Å². The van der Waals surface area contributed by atoms with E-state index in [-0.39, 0.29) is 17.9 Å². The monoisotopic (exact) mass is 323 g/mol. The van der Waals surface area contributed by atoms with Gasteiger partial charge in [0.25, 0.3) is 0 Å². The minimum Gasteiger partial charge on any atom is -0.404 e. The normalized spacial score (nSPS) is 17.0. The number of nitrogens with zero attached hydrogens (tertiary/aromatic N) is 2. The molecule has 0 fully saturated rings. The van der Waals surface area contributed by atoms with Crippen molar-refractivity contribution in [2.24, 2.45) is 5.41 Å². The maximum Gasteiger partial charge on any atom is 0.335 e. The molecule has 0 radical (unpaired) electrons. The maximum absolute atomic E-state index is 11.9. The number of carbonyl (C=O) groups is 1. The standard InChI is InChI=1S/C14H17N3O4S/c1-14(2)7-4-5-10(6-8-14)9-15-11(18)12-16-17-13(21-12)22(3,19)20/h4-8H,9H2,1-3H3,(H,15,18). The summed E-state index contributed by atoms with van der Waals surface area (Å²) in [6.07, 6.45) is 10.8. The predicted molar refractivity (Wildman–Crippen MR) is 79.9 cm³/mol. The second-order valence-electron chi connectivity index (χ2n) is 5.58. The van der Waals surface area contributed by atoms with E-state index in [1.165, 1.54) is 0 Å². The summed E-state index contributed by atoms with van der Waals surface area (Å²) in [6, 6.07) is 0. The van der Waals surface area contributed by atoms with Crippen LogP contribution in [0.25, 0.3) is 0 Å². The molecule has 1 heterocycles. The topological polar surface area (TPSA) is 102 Å². The highest BCUT2D eigenvalue weighted by molar-refractivity contribution is 7.90. The zero-order valence-electron chi connectivity index (χ0n) is 12.5. The molecule has 0 spiro atoms. The number of carbonyl (C=O) groups excluding carboxylic acids is 1. The fourth-order valence-corrected chi connectivity index (χ4v) is 2.10. The Kier molecular flexibility index (Phi) is 4.32. The van der Waals surface area contributed by atoms with Gasteiger partial charge in [0, 0.05) is 18.2 Å². The van der Waals surface area contributed by atoms with Gasteiger partial charge >= 0.3 is 17.0 Å². The molecule has 8 heteroatoms. The van der Waals surface area contributed by atoms with Gasteiger partial charge in [-0.05, 0) is 5.57 Å². The van der Waals surface area contributed by atoms with E-state index >= 15 is 0 Å². The molecule has 1 amide bonds. The smallest absolute Gasteiger partial charge is 0.335 e. The molecule has 1 aromatic heterocycles. The van der Waals surface area contributed by atoms with Crippen molar-refractivity contribution < 1.29 is 17.6 Å². The summed E-state index contributed by atoms with van der Waals surface area (Å²) >= 11 is 0. The summed E-state index contributed by atoms with van der Waals surface area (Å²) in [6.45, 7) is 4.41. The van der Waals surface area contributed by atoms with Crippen LogP contribution in [0.15, 0.2) is 45.6 Å². The van der Waals surface area contributed by atoms with E-state index in [1.807, 2.05) is 24.3 Å². The first-order valence-corrected chi connectivity index (χ1v) is 8.46. The maximum atomic E-state index is 11.9. The molecular formula is C14H17N3O4S. The molecule has 2 rings (SSSR count). The number of rotatable bonds is 4. The lowest BCUT2D eigenvalue weighted by molar-refractivity contribution is 0.0917. The molecular weight excluding hydrogens is 306 g/mol. The summed E-state index contributed by atoms with van der Waals surface area (Å²) in [4.78, 5) is 11.9. The Hall–Kier alpha value is -2.22. The van der Waals surface area contributed by atoms with Gasteiger partial charge < -0.3 is 9.73 Å². The summed E-state index contributed by atoms with van der Waals surface area (Å²) in [5, 5.41) is 8.79. The minimum atomic E-state index is -3.62. The third-order valence-corrected chi connectivity index (χ3v) is 3.73. The zero-order valence-corrected chi connectivity index (χ0v) is 13.3. The SMILES string of the molecule is CC1(C)C=CC=C(CNC(=O)c2nnc(S(C)(=O)=O)o2)C=C1. The highest BCUT2D eigenvalue weighted by Gasteiger charge is 2.20. The largest absolute Gasteiger partial charge is 0.404 e. The number of amides is 1. The van der Waals surface area contributed by atoms with Crippen molar-refractivity contribution in [3.8, 4) is 0 Å². The molecule has 0 saturated heterocycles. The molecule has 0 aliphatic heterocycles. The van der Waals surface area contributed by atoms with Gasteiger partial charge in [-0.3, -0.25) is 4.79 Å². The highest BCUT2D eigenvalue weighted by atomic mass is 32.2. The predicted octanol–water partition coefficient (Wildman–Crippen LogP) is 1.28. The second-order valence-corrected chi connectivity index (χ2v) is 7.48. The molecule has 0 bridgehead atoms. The lowest BCUT2D eigenvalue weighted by atomic mass is 9.93. The molecule has 118 valence electrons. The van der Waals surface area contributed by atoms with Crippen molar-refractivity contribution in [1.82, 2.24) is 15.5 Å². The molecule has 1 N–H and O–H groups in total. The Morgan fingerprint density at radius 2 is 2.05 bits per heavy atom. The summed E-state index contributed by atoms with van der Waals surface area (Å²) in [5.74, 6) is -1.00. The van der Waals surface area contributed by atoms with Gasteiger partial charge in [0.15, 0.2) is 0 Å². The Bertz CT molecular complexity index is 770. The Balaban J connectivity index is 2.01. The van der Waals surface area contributed by atoms with E-state index in [9.17, 15) is 13.2 Å². The summed E-state index contributed by atoms with van der Waals surface area (Å²) < 4.78 is 27.3. The average molecular weight is 323 g/mol. The second kappa shape index (κ2) is 5.88.